The number of nitriles is 2. The average Bonchev–Trinajstić information content (AvgIpc) is 3.14. The summed E-state index contributed by atoms with van der Waals surface area (Å²) in [4.78, 5) is 24.0. The molecule has 0 aromatic heterocycles. The molecular weight excluding hydrogens is 684 g/mol. The zero-order valence-corrected chi connectivity index (χ0v) is 27.4. The van der Waals surface area contributed by atoms with Crippen molar-refractivity contribution in [3.8, 4) is 12.1 Å². The van der Waals surface area contributed by atoms with Crippen LogP contribution in [0.15, 0.2) is 72.8 Å². The van der Waals surface area contributed by atoms with Gasteiger partial charge in [-0.3, -0.25) is 0 Å². The summed E-state index contributed by atoms with van der Waals surface area (Å²) in [5, 5.41) is 33.5. The Hall–Kier alpha value is -6.04. The van der Waals surface area contributed by atoms with Crippen molar-refractivity contribution in [2.45, 2.75) is 12.2 Å². The van der Waals surface area contributed by atoms with Crippen LogP contribution in [0.4, 0.5) is 49.9 Å². The van der Waals surface area contributed by atoms with Crippen molar-refractivity contribution >= 4 is 34.8 Å². The minimum atomic E-state index is -0.748. The average molecular weight is 717 g/mol. The molecule has 6 rings (SSSR count). The third-order valence-corrected chi connectivity index (χ3v) is 7.71. The van der Waals surface area contributed by atoms with Gasteiger partial charge in [0.15, 0.2) is 0 Å². The Labute approximate surface area is 295 Å². The van der Waals surface area contributed by atoms with Gasteiger partial charge in [0.25, 0.3) is 0 Å². The fourth-order valence-electron chi connectivity index (χ4n) is 5.21. The van der Waals surface area contributed by atoms with Gasteiger partial charge in [-0.15, -0.1) is 0 Å². The number of carbonyl (C=O) groups excluding carboxylic acids is 2. The van der Waals surface area contributed by atoms with Crippen LogP contribution in [0.1, 0.15) is 34.5 Å². The summed E-state index contributed by atoms with van der Waals surface area (Å²) in [6.07, 6.45) is -0.470. The van der Waals surface area contributed by atoms with E-state index in [9.17, 15) is 27.2 Å². The predicted octanol–water partition coefficient (Wildman–Crippen LogP) is 6.28. The zero-order chi connectivity index (χ0) is 37.0. The lowest BCUT2D eigenvalue weighted by molar-refractivity contribution is 0.0275. The van der Waals surface area contributed by atoms with Crippen molar-refractivity contribution in [2.75, 3.05) is 60.7 Å². The second kappa shape index (κ2) is 17.8. The molecule has 0 saturated carbocycles. The van der Waals surface area contributed by atoms with Gasteiger partial charge in [-0.05, 0) is 71.8 Å². The standard InChI is InChI=1S/2C18H16F2N4O2/c19-14-3-2-13(7-12(14)9-21)23-18(25)24-16-4-1-11(8-15(16)20)17-10-22-5-6-26-17;19-13-5-11(9-21)6-14(8-13)23-18(25)24-16-2-1-12(7-15(16)20)17-10-22-3-4-26-17/h1-4,7-8,17,22H,5-6,10H2,(H2,23,24,25);1-2,5-8,17,22H,3-4,10H2,(H2,23,24,25)/t2*17-/m11/s1. The first kappa shape index (κ1) is 37.2. The van der Waals surface area contributed by atoms with Crippen LogP contribution in [-0.4, -0.2) is 51.5 Å². The Morgan fingerprint density at radius 2 is 1.19 bits per heavy atom. The van der Waals surface area contributed by atoms with Gasteiger partial charge in [-0.25, -0.2) is 27.2 Å². The van der Waals surface area contributed by atoms with Gasteiger partial charge < -0.3 is 41.4 Å². The van der Waals surface area contributed by atoms with Crippen LogP contribution in [0.3, 0.4) is 0 Å². The van der Waals surface area contributed by atoms with Crippen LogP contribution in [0.5, 0.6) is 0 Å². The monoisotopic (exact) mass is 716 g/mol. The summed E-state index contributed by atoms with van der Waals surface area (Å²) >= 11 is 0. The molecule has 2 atom stereocenters. The van der Waals surface area contributed by atoms with E-state index in [0.717, 1.165) is 31.3 Å². The summed E-state index contributed by atoms with van der Waals surface area (Å²) in [6.45, 7) is 3.80. The van der Waals surface area contributed by atoms with E-state index >= 15 is 0 Å². The lowest BCUT2D eigenvalue weighted by Gasteiger charge is -2.24. The van der Waals surface area contributed by atoms with Crippen LogP contribution in [0.2, 0.25) is 0 Å². The molecule has 2 aliphatic rings. The summed E-state index contributed by atoms with van der Waals surface area (Å²) in [7, 11) is 0. The molecule has 4 amide bonds. The molecule has 4 aromatic rings. The number of carbonyl (C=O) groups is 2. The van der Waals surface area contributed by atoms with Crippen LogP contribution in [-0.2, 0) is 9.47 Å². The number of nitrogens with one attached hydrogen (secondary N) is 6. The van der Waals surface area contributed by atoms with Crippen molar-refractivity contribution in [3.05, 3.63) is 118 Å². The van der Waals surface area contributed by atoms with Crippen molar-refractivity contribution in [1.82, 2.24) is 10.6 Å². The van der Waals surface area contributed by atoms with E-state index in [1.165, 1.54) is 42.5 Å². The number of morpholine rings is 2. The second-order valence-electron chi connectivity index (χ2n) is 11.4. The maximum atomic E-state index is 14.3. The molecule has 0 unspecified atom stereocenters. The molecule has 6 N–H and O–H groups in total. The van der Waals surface area contributed by atoms with Crippen molar-refractivity contribution in [2.24, 2.45) is 0 Å². The third kappa shape index (κ3) is 10.3. The number of hydrogen-bond acceptors (Lipinski definition) is 8. The van der Waals surface area contributed by atoms with Crippen LogP contribution < -0.4 is 31.9 Å². The number of halogens is 4. The van der Waals surface area contributed by atoms with E-state index in [4.69, 9.17) is 20.0 Å². The van der Waals surface area contributed by atoms with E-state index in [-0.39, 0.29) is 46.1 Å². The van der Waals surface area contributed by atoms with Gasteiger partial charge in [0.2, 0.25) is 0 Å². The number of rotatable bonds is 6. The summed E-state index contributed by atoms with van der Waals surface area (Å²) < 4.78 is 66.3. The number of amides is 4. The smallest absolute Gasteiger partial charge is 0.323 e. The van der Waals surface area contributed by atoms with Gasteiger partial charge in [0.1, 0.15) is 29.3 Å². The van der Waals surface area contributed by atoms with Gasteiger partial charge in [-0.1, -0.05) is 12.1 Å². The second-order valence-corrected chi connectivity index (χ2v) is 11.4. The highest BCUT2D eigenvalue weighted by atomic mass is 19.1. The minimum absolute atomic E-state index is 0.00219. The molecule has 268 valence electrons. The molecule has 0 aliphatic carbocycles. The van der Waals surface area contributed by atoms with Crippen LogP contribution >= 0.6 is 0 Å². The molecule has 12 nitrogen and oxygen atoms in total. The predicted molar refractivity (Wildman–Crippen MR) is 183 cm³/mol. The van der Waals surface area contributed by atoms with Gasteiger partial charge in [0.05, 0.1) is 54.0 Å². The molecule has 2 fully saturated rings. The highest BCUT2D eigenvalue weighted by Gasteiger charge is 2.19. The van der Waals surface area contributed by atoms with Crippen LogP contribution in [0.25, 0.3) is 0 Å². The van der Waals surface area contributed by atoms with Crippen LogP contribution in [0, 0.1) is 45.9 Å². The van der Waals surface area contributed by atoms with Gasteiger partial charge >= 0.3 is 12.1 Å². The Bertz CT molecular complexity index is 2010. The normalized spacial score (nSPS) is 16.6. The minimum Gasteiger partial charge on any atom is -0.371 e. The Kier molecular flexibility index (Phi) is 12.7. The van der Waals surface area contributed by atoms with Crippen molar-refractivity contribution < 1.29 is 36.6 Å². The van der Waals surface area contributed by atoms with E-state index in [1.54, 1.807) is 24.3 Å². The van der Waals surface area contributed by atoms with Gasteiger partial charge in [-0.2, -0.15) is 10.5 Å². The maximum Gasteiger partial charge on any atom is 0.323 e. The van der Waals surface area contributed by atoms with Crippen molar-refractivity contribution in [3.63, 3.8) is 0 Å². The Morgan fingerprint density at radius 1 is 0.635 bits per heavy atom. The number of anilines is 4. The molecule has 0 spiro atoms. The SMILES string of the molecule is N#Cc1cc(F)cc(NC(=O)Nc2ccc([C@H]3CNCCO3)cc2F)c1.N#Cc1cc(NC(=O)Nc2ccc([C@H]3CNCCO3)cc2F)ccc1F. The first-order valence-corrected chi connectivity index (χ1v) is 15.9. The molecule has 0 bridgehead atoms. The number of ether oxygens (including phenoxy) is 2. The number of nitrogens with zero attached hydrogens (tertiary/aromatic N) is 2. The number of urea groups is 2. The topological polar surface area (TPSA) is 172 Å². The molecule has 0 radical (unpaired) electrons. The molecule has 2 heterocycles. The third-order valence-electron chi connectivity index (χ3n) is 7.71. The lowest BCUT2D eigenvalue weighted by Crippen LogP contribution is -2.33. The fourth-order valence-corrected chi connectivity index (χ4v) is 5.21. The maximum absolute atomic E-state index is 14.3. The molecule has 2 aliphatic heterocycles. The number of hydrogen-bond donors (Lipinski definition) is 6. The Morgan fingerprint density at radius 3 is 1.67 bits per heavy atom. The van der Waals surface area contributed by atoms with Gasteiger partial charge in [0, 0.05) is 37.6 Å². The molecule has 2 saturated heterocycles. The first-order valence-electron chi connectivity index (χ1n) is 15.9. The Balaban J connectivity index is 0.000000201. The largest absolute Gasteiger partial charge is 0.371 e. The summed E-state index contributed by atoms with van der Waals surface area (Å²) in [5.74, 6) is -2.54. The highest BCUT2D eigenvalue weighted by Crippen LogP contribution is 2.25. The molecule has 4 aromatic carbocycles. The van der Waals surface area contributed by atoms with Crippen molar-refractivity contribution in [1.29, 1.82) is 10.5 Å². The van der Waals surface area contributed by atoms with E-state index in [1.807, 2.05) is 0 Å². The molecule has 16 heteroatoms. The highest BCUT2D eigenvalue weighted by molar-refractivity contribution is 6.00. The lowest BCUT2D eigenvalue weighted by atomic mass is 10.1. The number of benzene rings is 4. The zero-order valence-electron chi connectivity index (χ0n) is 27.4. The quantitative estimate of drug-likeness (QED) is 0.127. The summed E-state index contributed by atoms with van der Waals surface area (Å²) in [5.41, 5.74) is 1.51. The van der Waals surface area contributed by atoms with E-state index in [0.29, 0.717) is 37.4 Å². The van der Waals surface area contributed by atoms with E-state index < -0.39 is 35.3 Å². The van der Waals surface area contributed by atoms with E-state index in [2.05, 4.69) is 31.9 Å². The molecular formula is C36H32F4N8O4. The first-order chi connectivity index (χ1) is 25.1. The fraction of sp³-hybridized carbons (Fsp3) is 0.222. The molecule has 52 heavy (non-hydrogen) atoms. The summed E-state index contributed by atoms with van der Waals surface area (Å²) in [6, 6.07) is 17.9.